The molecule has 1 aromatic carbocycles. The Hall–Kier alpha value is -0.990. The minimum absolute atomic E-state index is 0.635. The maximum atomic E-state index is 6.13. The molecule has 1 aliphatic heterocycles. The van der Waals surface area contributed by atoms with Gasteiger partial charge in [-0.25, -0.2) is 4.99 Å². The molecule has 18 heavy (non-hydrogen) atoms. The monoisotopic (exact) mass is 282 g/mol. The molecule has 0 bridgehead atoms. The van der Waals surface area contributed by atoms with Crippen molar-refractivity contribution >= 4 is 34.7 Å². The highest BCUT2D eigenvalue weighted by Gasteiger charge is 2.17. The lowest BCUT2D eigenvalue weighted by atomic mass is 10.3. The summed E-state index contributed by atoms with van der Waals surface area (Å²) in [5, 5.41) is 1.29. The zero-order valence-corrected chi connectivity index (χ0v) is 12.1. The maximum Gasteiger partial charge on any atom is 0.109 e. The van der Waals surface area contributed by atoms with Gasteiger partial charge in [0, 0.05) is 24.2 Å². The highest BCUT2D eigenvalue weighted by atomic mass is 35.5. The van der Waals surface area contributed by atoms with Crippen molar-refractivity contribution in [2.45, 2.75) is 26.7 Å². The lowest BCUT2D eigenvalue weighted by molar-refractivity contribution is 0.598. The Morgan fingerprint density at radius 1 is 1.33 bits per heavy atom. The number of amidine groups is 1. The van der Waals surface area contributed by atoms with E-state index in [9.17, 15) is 0 Å². The van der Waals surface area contributed by atoms with E-state index in [0.29, 0.717) is 10.0 Å². The van der Waals surface area contributed by atoms with Crippen molar-refractivity contribution in [1.29, 1.82) is 0 Å². The molecule has 0 spiro atoms. The van der Waals surface area contributed by atoms with E-state index in [4.69, 9.17) is 23.2 Å². The van der Waals surface area contributed by atoms with Crippen molar-refractivity contribution in [1.82, 2.24) is 4.90 Å². The maximum absolute atomic E-state index is 6.13. The predicted octanol–water partition coefficient (Wildman–Crippen LogP) is 5.04. The molecule has 0 saturated carbocycles. The number of benzene rings is 1. The first-order valence-corrected chi connectivity index (χ1v) is 6.76. The molecular weight excluding hydrogens is 267 g/mol. The highest BCUT2D eigenvalue weighted by Crippen LogP contribution is 2.29. The Kier molecular flexibility index (Phi) is 4.31. The van der Waals surface area contributed by atoms with Crippen LogP contribution in [-0.4, -0.2) is 17.3 Å². The first-order chi connectivity index (χ1) is 8.56. The number of aliphatic imine (C=N–C) groups is 1. The summed E-state index contributed by atoms with van der Waals surface area (Å²) in [6, 6.07) is 5.36. The SMILES string of the molecule is CC(C)=CN1CCCC1=Nc1cc(Cl)ccc1Cl. The highest BCUT2D eigenvalue weighted by molar-refractivity contribution is 6.35. The van der Waals surface area contributed by atoms with E-state index in [1.54, 1.807) is 18.2 Å². The van der Waals surface area contributed by atoms with E-state index in [1.165, 1.54) is 5.57 Å². The van der Waals surface area contributed by atoms with Crippen molar-refractivity contribution < 1.29 is 0 Å². The van der Waals surface area contributed by atoms with Crippen molar-refractivity contribution in [2.75, 3.05) is 6.54 Å². The van der Waals surface area contributed by atoms with Crippen LogP contribution in [0.3, 0.4) is 0 Å². The van der Waals surface area contributed by atoms with Crippen LogP contribution in [0.25, 0.3) is 0 Å². The second-order valence-electron chi connectivity index (χ2n) is 4.63. The van der Waals surface area contributed by atoms with Gasteiger partial charge in [-0.15, -0.1) is 0 Å². The molecular formula is C14H16Cl2N2. The Morgan fingerprint density at radius 3 is 2.83 bits per heavy atom. The van der Waals surface area contributed by atoms with Gasteiger partial charge in [-0.3, -0.25) is 0 Å². The lowest BCUT2D eigenvalue weighted by Gasteiger charge is -2.14. The molecule has 2 nitrogen and oxygen atoms in total. The third-order valence-corrected chi connectivity index (χ3v) is 3.26. The van der Waals surface area contributed by atoms with Crippen LogP contribution in [-0.2, 0) is 0 Å². The topological polar surface area (TPSA) is 15.6 Å². The minimum Gasteiger partial charge on any atom is -0.337 e. The normalized spacial score (nSPS) is 17.3. The van der Waals surface area contributed by atoms with Crippen LogP contribution >= 0.6 is 23.2 Å². The van der Waals surface area contributed by atoms with Gasteiger partial charge >= 0.3 is 0 Å². The van der Waals surface area contributed by atoms with Gasteiger partial charge in [0.25, 0.3) is 0 Å². The molecule has 1 fully saturated rings. The van der Waals surface area contributed by atoms with E-state index in [1.807, 2.05) is 0 Å². The summed E-state index contributed by atoms with van der Waals surface area (Å²) in [6.07, 6.45) is 4.23. The van der Waals surface area contributed by atoms with E-state index in [-0.39, 0.29) is 0 Å². The molecule has 0 aromatic heterocycles. The molecule has 0 unspecified atom stereocenters. The largest absolute Gasteiger partial charge is 0.337 e. The third-order valence-electron chi connectivity index (χ3n) is 2.70. The number of likely N-dealkylation sites (tertiary alicyclic amines) is 1. The number of halogens is 2. The van der Waals surface area contributed by atoms with Crippen LogP contribution < -0.4 is 0 Å². The molecule has 1 heterocycles. The number of hydrogen-bond donors (Lipinski definition) is 0. The van der Waals surface area contributed by atoms with Crippen molar-refractivity contribution in [3.8, 4) is 0 Å². The quantitative estimate of drug-likeness (QED) is 0.742. The van der Waals surface area contributed by atoms with Crippen molar-refractivity contribution in [3.05, 3.63) is 40.0 Å². The van der Waals surface area contributed by atoms with E-state index in [2.05, 4.69) is 29.9 Å². The standard InChI is InChI=1S/C14H16Cl2N2/c1-10(2)9-18-7-3-4-14(18)17-13-8-11(15)5-6-12(13)16/h5-6,8-9H,3-4,7H2,1-2H3. The molecule has 0 aliphatic carbocycles. The van der Waals surface area contributed by atoms with Gasteiger partial charge in [-0.1, -0.05) is 28.8 Å². The molecule has 0 atom stereocenters. The summed E-state index contributed by atoms with van der Waals surface area (Å²) in [5.41, 5.74) is 2.01. The van der Waals surface area contributed by atoms with Gasteiger partial charge < -0.3 is 4.90 Å². The van der Waals surface area contributed by atoms with Gasteiger partial charge in [-0.05, 0) is 38.5 Å². The van der Waals surface area contributed by atoms with Gasteiger partial charge in [0.1, 0.15) is 5.84 Å². The fraction of sp³-hybridized carbons (Fsp3) is 0.357. The first kappa shape index (κ1) is 13.4. The van der Waals surface area contributed by atoms with Crippen LogP contribution in [0.2, 0.25) is 10.0 Å². The molecule has 0 N–H and O–H groups in total. The molecule has 1 saturated heterocycles. The molecule has 0 amide bonds. The van der Waals surface area contributed by atoms with E-state index < -0.39 is 0 Å². The van der Waals surface area contributed by atoms with Crippen LogP contribution in [0.1, 0.15) is 26.7 Å². The number of allylic oxidation sites excluding steroid dienone is 1. The third kappa shape index (κ3) is 3.27. The summed E-state index contributed by atoms with van der Waals surface area (Å²) in [5.74, 6) is 1.06. The number of rotatable bonds is 2. The van der Waals surface area contributed by atoms with Gasteiger partial charge in [0.15, 0.2) is 0 Å². The zero-order chi connectivity index (χ0) is 13.1. The molecule has 96 valence electrons. The van der Waals surface area contributed by atoms with E-state index >= 15 is 0 Å². The van der Waals surface area contributed by atoms with Gasteiger partial charge in [-0.2, -0.15) is 0 Å². The Labute approximate surface area is 118 Å². The Balaban J connectivity index is 2.32. The molecule has 1 aromatic rings. The average molecular weight is 283 g/mol. The number of nitrogens with zero attached hydrogens (tertiary/aromatic N) is 2. The van der Waals surface area contributed by atoms with E-state index in [0.717, 1.165) is 30.9 Å². The summed E-state index contributed by atoms with van der Waals surface area (Å²) in [4.78, 5) is 6.82. The van der Waals surface area contributed by atoms with Crippen LogP contribution in [0.4, 0.5) is 5.69 Å². The second-order valence-corrected chi connectivity index (χ2v) is 5.47. The summed E-state index contributed by atoms with van der Waals surface area (Å²) >= 11 is 12.1. The molecule has 4 heteroatoms. The smallest absolute Gasteiger partial charge is 0.109 e. The van der Waals surface area contributed by atoms with Gasteiger partial charge in [0.2, 0.25) is 0 Å². The van der Waals surface area contributed by atoms with Crippen LogP contribution in [0.15, 0.2) is 35.0 Å². The van der Waals surface area contributed by atoms with Crippen LogP contribution in [0, 0.1) is 0 Å². The summed E-state index contributed by atoms with van der Waals surface area (Å²) < 4.78 is 0. The van der Waals surface area contributed by atoms with Crippen molar-refractivity contribution in [3.63, 3.8) is 0 Å². The van der Waals surface area contributed by atoms with Crippen LogP contribution in [0.5, 0.6) is 0 Å². The fourth-order valence-electron chi connectivity index (χ4n) is 1.96. The predicted molar refractivity (Wildman–Crippen MR) is 78.9 cm³/mol. The Bertz CT molecular complexity index is 503. The number of hydrogen-bond acceptors (Lipinski definition) is 1. The molecule has 1 aliphatic rings. The summed E-state index contributed by atoms with van der Waals surface area (Å²) in [7, 11) is 0. The fourth-order valence-corrected chi connectivity index (χ4v) is 2.29. The minimum atomic E-state index is 0.635. The first-order valence-electron chi connectivity index (χ1n) is 6.00. The Morgan fingerprint density at radius 2 is 2.11 bits per heavy atom. The lowest BCUT2D eigenvalue weighted by Crippen LogP contribution is -2.18. The van der Waals surface area contributed by atoms with Crippen molar-refractivity contribution in [2.24, 2.45) is 4.99 Å². The summed E-state index contributed by atoms with van der Waals surface area (Å²) in [6.45, 7) is 5.19. The average Bonchev–Trinajstić information content (AvgIpc) is 2.70. The second kappa shape index (κ2) is 5.77. The molecule has 0 radical (unpaired) electrons. The van der Waals surface area contributed by atoms with Gasteiger partial charge in [0.05, 0.1) is 10.7 Å². The molecule has 2 rings (SSSR count). The zero-order valence-electron chi connectivity index (χ0n) is 10.6.